The van der Waals surface area contributed by atoms with Gasteiger partial charge in [-0.2, -0.15) is 0 Å². The Morgan fingerprint density at radius 1 is 1.38 bits per heavy atom. The van der Waals surface area contributed by atoms with E-state index in [4.69, 9.17) is 4.74 Å². The second kappa shape index (κ2) is 4.69. The van der Waals surface area contributed by atoms with Gasteiger partial charge in [0.15, 0.2) is 0 Å². The number of fused-ring (bicyclic) bond motifs is 1. The molecular formula is C14H18O2. The van der Waals surface area contributed by atoms with Crippen molar-refractivity contribution in [3.8, 4) is 0 Å². The van der Waals surface area contributed by atoms with Crippen LogP contribution in [0.2, 0.25) is 0 Å². The molecule has 0 saturated heterocycles. The van der Waals surface area contributed by atoms with Gasteiger partial charge in [0.25, 0.3) is 0 Å². The zero-order valence-electron chi connectivity index (χ0n) is 9.95. The lowest BCUT2D eigenvalue weighted by Crippen LogP contribution is -2.13. The SMILES string of the molecule is CCC(C(=O)OC)c1ccc2c(c1)CCC2. The second-order valence-electron chi connectivity index (χ2n) is 4.37. The van der Waals surface area contributed by atoms with E-state index in [1.165, 1.54) is 31.1 Å². The van der Waals surface area contributed by atoms with Gasteiger partial charge in [-0.25, -0.2) is 0 Å². The van der Waals surface area contributed by atoms with Crippen LogP contribution in [0.1, 0.15) is 42.4 Å². The summed E-state index contributed by atoms with van der Waals surface area (Å²) in [5.41, 5.74) is 3.97. The molecule has 1 atom stereocenters. The van der Waals surface area contributed by atoms with Crippen LogP contribution in [0.3, 0.4) is 0 Å². The summed E-state index contributed by atoms with van der Waals surface area (Å²) in [5.74, 6) is -0.226. The average molecular weight is 218 g/mol. The zero-order valence-corrected chi connectivity index (χ0v) is 9.95. The highest BCUT2D eigenvalue weighted by Crippen LogP contribution is 2.28. The van der Waals surface area contributed by atoms with Gasteiger partial charge in [0.05, 0.1) is 13.0 Å². The molecule has 1 aromatic rings. The molecule has 86 valence electrons. The summed E-state index contributed by atoms with van der Waals surface area (Å²) in [6.07, 6.45) is 4.38. The minimum Gasteiger partial charge on any atom is -0.469 e. The van der Waals surface area contributed by atoms with E-state index < -0.39 is 0 Å². The molecule has 0 aromatic heterocycles. The molecule has 0 spiro atoms. The van der Waals surface area contributed by atoms with Crippen molar-refractivity contribution >= 4 is 5.97 Å². The van der Waals surface area contributed by atoms with Crippen molar-refractivity contribution in [3.05, 3.63) is 34.9 Å². The normalized spacial score (nSPS) is 15.6. The first-order chi connectivity index (χ1) is 7.76. The predicted octanol–water partition coefficient (Wildman–Crippen LogP) is 2.84. The lowest BCUT2D eigenvalue weighted by atomic mass is 9.94. The summed E-state index contributed by atoms with van der Waals surface area (Å²) < 4.78 is 4.84. The maximum absolute atomic E-state index is 11.6. The first-order valence-electron chi connectivity index (χ1n) is 5.95. The highest BCUT2D eigenvalue weighted by Gasteiger charge is 2.21. The number of ether oxygens (including phenoxy) is 1. The first-order valence-corrected chi connectivity index (χ1v) is 5.95. The summed E-state index contributed by atoms with van der Waals surface area (Å²) in [6, 6.07) is 6.44. The Balaban J connectivity index is 2.29. The van der Waals surface area contributed by atoms with Crippen LogP contribution in [-0.2, 0) is 22.4 Å². The molecule has 0 bridgehead atoms. The molecule has 0 saturated carbocycles. The largest absolute Gasteiger partial charge is 0.469 e. The summed E-state index contributed by atoms with van der Waals surface area (Å²) in [7, 11) is 1.46. The number of benzene rings is 1. The van der Waals surface area contributed by atoms with Crippen LogP contribution in [-0.4, -0.2) is 13.1 Å². The van der Waals surface area contributed by atoms with Gasteiger partial charge in [0.2, 0.25) is 0 Å². The Hall–Kier alpha value is -1.31. The Bertz CT molecular complexity index is 396. The lowest BCUT2D eigenvalue weighted by Gasteiger charge is -2.14. The van der Waals surface area contributed by atoms with Crippen molar-refractivity contribution in [2.75, 3.05) is 7.11 Å². The molecule has 0 aliphatic heterocycles. The second-order valence-corrected chi connectivity index (χ2v) is 4.37. The van der Waals surface area contributed by atoms with Crippen molar-refractivity contribution < 1.29 is 9.53 Å². The van der Waals surface area contributed by atoms with E-state index in [2.05, 4.69) is 18.2 Å². The molecule has 1 aliphatic rings. The number of carbonyl (C=O) groups is 1. The fourth-order valence-corrected chi connectivity index (χ4v) is 2.49. The lowest BCUT2D eigenvalue weighted by molar-refractivity contribution is -0.142. The fraction of sp³-hybridized carbons (Fsp3) is 0.500. The molecule has 0 amide bonds. The highest BCUT2D eigenvalue weighted by atomic mass is 16.5. The third-order valence-corrected chi connectivity index (χ3v) is 3.42. The van der Waals surface area contributed by atoms with Gasteiger partial charge < -0.3 is 4.74 Å². The molecule has 1 aliphatic carbocycles. The smallest absolute Gasteiger partial charge is 0.313 e. The van der Waals surface area contributed by atoms with Crippen molar-refractivity contribution in [2.45, 2.75) is 38.5 Å². The summed E-state index contributed by atoms with van der Waals surface area (Å²) in [6.45, 7) is 2.02. The molecule has 0 N–H and O–H groups in total. The molecule has 0 heterocycles. The molecule has 2 nitrogen and oxygen atoms in total. The van der Waals surface area contributed by atoms with Gasteiger partial charge in [-0.15, -0.1) is 0 Å². The number of aryl methyl sites for hydroxylation is 2. The van der Waals surface area contributed by atoms with Crippen molar-refractivity contribution in [1.82, 2.24) is 0 Å². The maximum Gasteiger partial charge on any atom is 0.313 e. The predicted molar refractivity (Wildman–Crippen MR) is 63.5 cm³/mol. The molecule has 2 rings (SSSR count). The van der Waals surface area contributed by atoms with Crippen LogP contribution in [0.25, 0.3) is 0 Å². The molecular weight excluding hydrogens is 200 g/mol. The van der Waals surface area contributed by atoms with E-state index in [1.807, 2.05) is 6.92 Å². The summed E-state index contributed by atoms with van der Waals surface area (Å²) in [5, 5.41) is 0. The van der Waals surface area contributed by atoms with E-state index >= 15 is 0 Å². The van der Waals surface area contributed by atoms with Crippen LogP contribution in [0.4, 0.5) is 0 Å². The fourth-order valence-electron chi connectivity index (χ4n) is 2.49. The van der Waals surface area contributed by atoms with Crippen LogP contribution in [0.5, 0.6) is 0 Å². The van der Waals surface area contributed by atoms with Gasteiger partial charge in [0.1, 0.15) is 0 Å². The molecule has 1 aromatic carbocycles. The van der Waals surface area contributed by atoms with Crippen molar-refractivity contribution in [1.29, 1.82) is 0 Å². The Kier molecular flexibility index (Phi) is 3.28. The third kappa shape index (κ3) is 1.97. The number of esters is 1. The van der Waals surface area contributed by atoms with Gasteiger partial charge in [-0.3, -0.25) is 4.79 Å². The average Bonchev–Trinajstić information content (AvgIpc) is 2.77. The molecule has 0 fully saturated rings. The number of rotatable bonds is 3. The first kappa shape index (κ1) is 11.2. The molecule has 2 heteroatoms. The number of carbonyl (C=O) groups excluding carboxylic acids is 1. The standard InChI is InChI=1S/C14H18O2/c1-3-13(14(15)16-2)12-8-7-10-5-4-6-11(10)9-12/h7-9,13H,3-6H2,1-2H3. The van der Waals surface area contributed by atoms with Crippen LogP contribution < -0.4 is 0 Å². The minimum atomic E-state index is -0.125. The van der Waals surface area contributed by atoms with E-state index in [0.717, 1.165) is 18.4 Å². The molecule has 0 radical (unpaired) electrons. The van der Waals surface area contributed by atoms with Crippen LogP contribution >= 0.6 is 0 Å². The van der Waals surface area contributed by atoms with Gasteiger partial charge in [-0.05, 0) is 42.4 Å². The number of methoxy groups -OCH3 is 1. The quantitative estimate of drug-likeness (QED) is 0.729. The Morgan fingerprint density at radius 2 is 2.12 bits per heavy atom. The minimum absolute atomic E-state index is 0.101. The van der Waals surface area contributed by atoms with E-state index in [-0.39, 0.29) is 11.9 Å². The molecule has 16 heavy (non-hydrogen) atoms. The van der Waals surface area contributed by atoms with Crippen molar-refractivity contribution in [3.63, 3.8) is 0 Å². The Labute approximate surface area is 96.6 Å². The zero-order chi connectivity index (χ0) is 11.5. The third-order valence-electron chi connectivity index (χ3n) is 3.42. The maximum atomic E-state index is 11.6. The van der Waals surface area contributed by atoms with Gasteiger partial charge in [-0.1, -0.05) is 25.1 Å². The summed E-state index contributed by atoms with van der Waals surface area (Å²) in [4.78, 5) is 11.6. The van der Waals surface area contributed by atoms with E-state index in [9.17, 15) is 4.79 Å². The molecule has 1 unspecified atom stereocenters. The van der Waals surface area contributed by atoms with Gasteiger partial charge in [0, 0.05) is 0 Å². The number of hydrogen-bond acceptors (Lipinski definition) is 2. The van der Waals surface area contributed by atoms with Crippen LogP contribution in [0, 0.1) is 0 Å². The monoisotopic (exact) mass is 218 g/mol. The highest BCUT2D eigenvalue weighted by molar-refractivity contribution is 5.78. The van der Waals surface area contributed by atoms with E-state index in [1.54, 1.807) is 0 Å². The Morgan fingerprint density at radius 3 is 2.81 bits per heavy atom. The number of hydrogen-bond donors (Lipinski definition) is 0. The van der Waals surface area contributed by atoms with Gasteiger partial charge >= 0.3 is 5.97 Å². The topological polar surface area (TPSA) is 26.3 Å². The van der Waals surface area contributed by atoms with E-state index in [0.29, 0.717) is 0 Å². The summed E-state index contributed by atoms with van der Waals surface area (Å²) >= 11 is 0. The van der Waals surface area contributed by atoms with Crippen LogP contribution in [0.15, 0.2) is 18.2 Å². The van der Waals surface area contributed by atoms with Crippen molar-refractivity contribution in [2.24, 2.45) is 0 Å².